The van der Waals surface area contributed by atoms with E-state index in [0.717, 1.165) is 18.4 Å². The topological polar surface area (TPSA) is 55.8 Å². The van der Waals surface area contributed by atoms with Crippen molar-refractivity contribution in [2.45, 2.75) is 142 Å². The molecule has 0 bridgehead atoms. The molecule has 0 spiro atoms. The third kappa shape index (κ3) is 16.8. The van der Waals surface area contributed by atoms with E-state index in [9.17, 15) is 9.90 Å². The Morgan fingerprint density at radius 2 is 1.15 bits per heavy atom. The molecule has 0 radical (unpaired) electrons. The first-order valence-electron chi connectivity index (χ1n) is 14.2. The minimum absolute atomic E-state index is 0.0895. The van der Waals surface area contributed by atoms with Gasteiger partial charge in [0.1, 0.15) is 6.61 Å². The van der Waals surface area contributed by atoms with Crippen molar-refractivity contribution in [3.8, 4) is 11.5 Å². The lowest BCUT2D eigenvalue weighted by Crippen LogP contribution is -2.04. The van der Waals surface area contributed by atoms with Gasteiger partial charge in [-0.15, -0.1) is 0 Å². The highest BCUT2D eigenvalue weighted by Crippen LogP contribution is 2.26. The quantitative estimate of drug-likeness (QED) is 0.126. The van der Waals surface area contributed by atoms with Gasteiger partial charge in [-0.1, -0.05) is 129 Å². The standard InChI is InChI=1S/C30H52O4/c1-3-4-5-6-7-8-9-10-11-12-13-14-15-16-17-18-19-20-21-22-30(32)34-26-27-23-24-28(31)29(25-27)33-2/h23-25,31H,3-22,26H2,1-2H3. The molecule has 0 atom stereocenters. The SMILES string of the molecule is CCCCCCCCCCCCCCCCCCCCCC(=O)OCc1ccc(O)c(OC)c1. The maximum Gasteiger partial charge on any atom is 0.306 e. The molecule has 1 N–H and O–H groups in total. The first kappa shape index (κ1) is 30.3. The van der Waals surface area contributed by atoms with Gasteiger partial charge in [0, 0.05) is 6.42 Å². The summed E-state index contributed by atoms with van der Waals surface area (Å²) in [4.78, 5) is 11.9. The summed E-state index contributed by atoms with van der Waals surface area (Å²) in [6.07, 6.45) is 26.1. The van der Waals surface area contributed by atoms with Crippen molar-refractivity contribution in [3.63, 3.8) is 0 Å². The summed E-state index contributed by atoms with van der Waals surface area (Å²) >= 11 is 0. The number of methoxy groups -OCH3 is 1. The summed E-state index contributed by atoms with van der Waals surface area (Å²) in [5.41, 5.74) is 0.816. The number of rotatable bonds is 23. The Balaban J connectivity index is 1.81. The van der Waals surface area contributed by atoms with Crippen LogP contribution in [0.25, 0.3) is 0 Å². The van der Waals surface area contributed by atoms with E-state index in [1.54, 1.807) is 18.2 Å². The zero-order chi connectivity index (χ0) is 24.7. The number of unbranched alkanes of at least 4 members (excludes halogenated alkanes) is 18. The Bertz CT molecular complexity index is 614. The molecule has 0 heterocycles. The van der Waals surface area contributed by atoms with Gasteiger partial charge in [0.25, 0.3) is 0 Å². The Hall–Kier alpha value is -1.71. The predicted molar refractivity (Wildman–Crippen MR) is 142 cm³/mol. The maximum absolute atomic E-state index is 11.9. The van der Waals surface area contributed by atoms with E-state index in [-0.39, 0.29) is 18.3 Å². The van der Waals surface area contributed by atoms with Crippen LogP contribution in [0, 0.1) is 0 Å². The Labute approximate surface area is 209 Å². The highest BCUT2D eigenvalue weighted by atomic mass is 16.5. The van der Waals surface area contributed by atoms with Crippen molar-refractivity contribution in [3.05, 3.63) is 23.8 Å². The van der Waals surface area contributed by atoms with Crippen LogP contribution in [-0.4, -0.2) is 18.2 Å². The van der Waals surface area contributed by atoms with E-state index in [4.69, 9.17) is 9.47 Å². The van der Waals surface area contributed by atoms with E-state index in [1.807, 2.05) is 0 Å². The zero-order valence-corrected chi connectivity index (χ0v) is 22.3. The summed E-state index contributed by atoms with van der Waals surface area (Å²) in [6.45, 7) is 2.50. The van der Waals surface area contributed by atoms with Crippen LogP contribution >= 0.6 is 0 Å². The fourth-order valence-electron chi connectivity index (χ4n) is 4.40. The first-order valence-corrected chi connectivity index (χ1v) is 14.2. The second-order valence-electron chi connectivity index (χ2n) is 9.78. The van der Waals surface area contributed by atoms with E-state index in [2.05, 4.69) is 6.92 Å². The van der Waals surface area contributed by atoms with Crippen molar-refractivity contribution in [2.75, 3.05) is 7.11 Å². The van der Waals surface area contributed by atoms with Crippen LogP contribution in [-0.2, 0) is 16.1 Å². The fourth-order valence-corrected chi connectivity index (χ4v) is 4.40. The number of phenols is 1. The van der Waals surface area contributed by atoms with E-state index >= 15 is 0 Å². The van der Waals surface area contributed by atoms with Crippen LogP contribution in [0.3, 0.4) is 0 Å². The number of aromatic hydroxyl groups is 1. The summed E-state index contributed by atoms with van der Waals surface area (Å²) in [6, 6.07) is 4.99. The monoisotopic (exact) mass is 476 g/mol. The molecule has 1 aromatic carbocycles. The highest BCUT2D eigenvalue weighted by Gasteiger charge is 2.06. The lowest BCUT2D eigenvalue weighted by atomic mass is 10.0. The van der Waals surface area contributed by atoms with Gasteiger partial charge in [-0.05, 0) is 24.1 Å². The predicted octanol–water partition coefficient (Wildman–Crippen LogP) is 9.27. The average molecular weight is 477 g/mol. The smallest absolute Gasteiger partial charge is 0.306 e. The lowest BCUT2D eigenvalue weighted by molar-refractivity contribution is -0.145. The minimum Gasteiger partial charge on any atom is -0.504 e. The average Bonchev–Trinajstić information content (AvgIpc) is 2.85. The molecule has 0 aliphatic rings. The molecule has 0 saturated heterocycles. The number of benzene rings is 1. The number of ether oxygens (including phenoxy) is 2. The number of phenolic OH excluding ortho intramolecular Hbond substituents is 1. The molecule has 34 heavy (non-hydrogen) atoms. The maximum atomic E-state index is 11.9. The van der Waals surface area contributed by atoms with Crippen LogP contribution in [0.2, 0.25) is 0 Å². The summed E-state index contributed by atoms with van der Waals surface area (Å²) in [7, 11) is 1.50. The molecule has 1 rings (SSSR count). The molecule has 0 fully saturated rings. The molecule has 0 saturated carbocycles. The minimum atomic E-state index is -0.154. The largest absolute Gasteiger partial charge is 0.504 e. The van der Waals surface area contributed by atoms with Crippen molar-refractivity contribution in [2.24, 2.45) is 0 Å². The van der Waals surface area contributed by atoms with Crippen LogP contribution in [0.15, 0.2) is 18.2 Å². The third-order valence-electron chi connectivity index (χ3n) is 6.63. The summed E-state index contributed by atoms with van der Waals surface area (Å²) < 4.78 is 10.4. The lowest BCUT2D eigenvalue weighted by Gasteiger charge is -2.08. The second-order valence-corrected chi connectivity index (χ2v) is 9.78. The van der Waals surface area contributed by atoms with Crippen molar-refractivity contribution >= 4 is 5.97 Å². The Morgan fingerprint density at radius 1 is 0.706 bits per heavy atom. The van der Waals surface area contributed by atoms with Gasteiger partial charge < -0.3 is 14.6 Å². The van der Waals surface area contributed by atoms with Gasteiger partial charge in [0.15, 0.2) is 11.5 Å². The number of hydrogen-bond acceptors (Lipinski definition) is 4. The molecule has 1 aromatic rings. The molecule has 196 valence electrons. The van der Waals surface area contributed by atoms with Crippen molar-refractivity contribution in [1.29, 1.82) is 0 Å². The van der Waals surface area contributed by atoms with Gasteiger partial charge in [0.05, 0.1) is 7.11 Å². The number of esters is 1. The van der Waals surface area contributed by atoms with Crippen LogP contribution in [0.5, 0.6) is 11.5 Å². The van der Waals surface area contributed by atoms with Crippen LogP contribution < -0.4 is 4.74 Å². The molecule has 4 heteroatoms. The molecule has 0 aliphatic heterocycles. The molecule has 0 aliphatic carbocycles. The van der Waals surface area contributed by atoms with Gasteiger partial charge in [-0.3, -0.25) is 4.79 Å². The molecule has 4 nitrogen and oxygen atoms in total. The number of hydrogen-bond donors (Lipinski definition) is 1. The molecular weight excluding hydrogens is 424 g/mol. The van der Waals surface area contributed by atoms with Gasteiger partial charge in [-0.25, -0.2) is 0 Å². The van der Waals surface area contributed by atoms with E-state index in [1.165, 1.54) is 116 Å². The zero-order valence-electron chi connectivity index (χ0n) is 22.3. The first-order chi connectivity index (χ1) is 16.7. The Morgan fingerprint density at radius 3 is 1.59 bits per heavy atom. The van der Waals surface area contributed by atoms with E-state index < -0.39 is 0 Å². The summed E-state index contributed by atoms with van der Waals surface area (Å²) in [5, 5.41) is 9.61. The highest BCUT2D eigenvalue weighted by molar-refractivity contribution is 5.69. The van der Waals surface area contributed by atoms with E-state index in [0.29, 0.717) is 12.2 Å². The normalized spacial score (nSPS) is 11.0. The van der Waals surface area contributed by atoms with Crippen LogP contribution in [0.4, 0.5) is 0 Å². The molecule has 0 unspecified atom stereocenters. The molecule has 0 amide bonds. The molecular formula is C30H52O4. The fraction of sp³-hybridized carbons (Fsp3) is 0.767. The second kappa shape index (κ2) is 21.8. The number of carbonyl (C=O) groups excluding carboxylic acids is 1. The Kier molecular flexibility index (Phi) is 19.4. The van der Waals surface area contributed by atoms with Crippen molar-refractivity contribution < 1.29 is 19.4 Å². The van der Waals surface area contributed by atoms with Crippen molar-refractivity contribution in [1.82, 2.24) is 0 Å². The summed E-state index contributed by atoms with van der Waals surface area (Å²) in [5.74, 6) is 0.332. The third-order valence-corrected chi connectivity index (χ3v) is 6.63. The van der Waals surface area contributed by atoms with Gasteiger partial charge >= 0.3 is 5.97 Å². The van der Waals surface area contributed by atoms with Crippen LogP contribution in [0.1, 0.15) is 141 Å². The van der Waals surface area contributed by atoms with Gasteiger partial charge in [-0.2, -0.15) is 0 Å². The number of carbonyl (C=O) groups is 1. The van der Waals surface area contributed by atoms with Gasteiger partial charge in [0.2, 0.25) is 0 Å². The molecule has 0 aromatic heterocycles.